The lowest BCUT2D eigenvalue weighted by Crippen LogP contribution is -2.36. The molecule has 0 aromatic carbocycles. The highest BCUT2D eigenvalue weighted by molar-refractivity contribution is 5.77. The van der Waals surface area contributed by atoms with Gasteiger partial charge in [0, 0.05) is 6.42 Å². The molecule has 1 amide bonds. The Morgan fingerprint density at radius 3 is 1.79 bits per heavy atom. The van der Waals surface area contributed by atoms with Crippen molar-refractivity contribution >= 4 is 17.8 Å². The topological polar surface area (TPSA) is 170 Å². The normalized spacial score (nSPS) is 14.5. The number of carboxylic acid groups (broad SMARTS) is 2. The van der Waals surface area contributed by atoms with Gasteiger partial charge in [-0.05, 0) is 12.3 Å². The third-order valence-corrected chi connectivity index (χ3v) is 2.56. The largest absolute Gasteiger partial charge is 0.480 e. The molecule has 8 heteroatoms. The molecule has 0 aromatic rings. The molecule has 19 heavy (non-hydrogen) atoms. The van der Waals surface area contributed by atoms with Gasteiger partial charge < -0.3 is 27.4 Å². The minimum Gasteiger partial charge on any atom is -0.480 e. The summed E-state index contributed by atoms with van der Waals surface area (Å²) in [6.07, 6.45) is 0.936. The average molecular weight is 277 g/mol. The first-order valence-electron chi connectivity index (χ1n) is 5.88. The van der Waals surface area contributed by atoms with E-state index in [4.69, 9.17) is 27.4 Å². The van der Waals surface area contributed by atoms with E-state index < -0.39 is 29.9 Å². The van der Waals surface area contributed by atoms with E-state index in [1.54, 1.807) is 0 Å². The van der Waals surface area contributed by atoms with Crippen molar-refractivity contribution in [3.05, 3.63) is 0 Å². The van der Waals surface area contributed by atoms with Crippen molar-refractivity contribution in [2.24, 2.45) is 23.1 Å². The predicted molar refractivity (Wildman–Crippen MR) is 69.1 cm³/mol. The Morgan fingerprint density at radius 1 is 1.11 bits per heavy atom. The molecule has 3 atom stereocenters. The van der Waals surface area contributed by atoms with Crippen LogP contribution in [0.3, 0.4) is 0 Å². The SMILES string of the molecule is CCC(C)[C@@H](N)C(=O)O.NC(=O)CC[C@@H](N)C(=O)O. The number of carbonyl (C=O) groups is 3. The average Bonchev–Trinajstić information content (AvgIpc) is 2.34. The van der Waals surface area contributed by atoms with Crippen LogP contribution < -0.4 is 17.2 Å². The van der Waals surface area contributed by atoms with Crippen LogP contribution in [0.4, 0.5) is 0 Å². The van der Waals surface area contributed by atoms with E-state index in [1.807, 2.05) is 13.8 Å². The second-order valence-electron chi connectivity index (χ2n) is 4.20. The number of carbonyl (C=O) groups excluding carboxylic acids is 1. The molecule has 0 spiro atoms. The quantitative estimate of drug-likeness (QED) is 0.401. The summed E-state index contributed by atoms with van der Waals surface area (Å²) in [5, 5.41) is 16.6. The number of nitrogens with two attached hydrogens (primary N) is 3. The molecular weight excluding hydrogens is 254 g/mol. The highest BCUT2D eigenvalue weighted by Gasteiger charge is 2.17. The zero-order valence-electron chi connectivity index (χ0n) is 11.2. The van der Waals surface area contributed by atoms with Crippen molar-refractivity contribution in [1.29, 1.82) is 0 Å². The second-order valence-corrected chi connectivity index (χ2v) is 4.20. The maximum atomic E-state index is 10.2. The number of hydrogen-bond donors (Lipinski definition) is 5. The number of hydrogen-bond acceptors (Lipinski definition) is 5. The van der Waals surface area contributed by atoms with E-state index in [9.17, 15) is 14.4 Å². The number of aliphatic carboxylic acids is 2. The number of primary amides is 1. The van der Waals surface area contributed by atoms with Gasteiger partial charge in [0.2, 0.25) is 5.91 Å². The molecule has 0 rings (SSSR count). The van der Waals surface area contributed by atoms with Crippen LogP contribution >= 0.6 is 0 Å². The van der Waals surface area contributed by atoms with Crippen LogP contribution in [-0.4, -0.2) is 40.1 Å². The molecule has 0 aromatic heterocycles. The van der Waals surface area contributed by atoms with Gasteiger partial charge in [0.15, 0.2) is 0 Å². The lowest BCUT2D eigenvalue weighted by Gasteiger charge is -2.11. The smallest absolute Gasteiger partial charge is 0.320 e. The fourth-order valence-electron chi connectivity index (χ4n) is 0.919. The summed E-state index contributed by atoms with van der Waals surface area (Å²) in [5.74, 6) is -2.48. The first-order chi connectivity index (χ1) is 8.63. The molecule has 0 fully saturated rings. The Balaban J connectivity index is 0. The Bertz CT molecular complexity index is 309. The lowest BCUT2D eigenvalue weighted by molar-refractivity contribution is -0.140. The minimum absolute atomic E-state index is 0.0213. The second kappa shape index (κ2) is 10.3. The maximum Gasteiger partial charge on any atom is 0.320 e. The van der Waals surface area contributed by atoms with Crippen LogP contribution in [-0.2, 0) is 14.4 Å². The number of carboxylic acids is 2. The predicted octanol–water partition coefficient (Wildman–Crippen LogP) is -0.892. The molecule has 0 bridgehead atoms. The Morgan fingerprint density at radius 2 is 1.58 bits per heavy atom. The molecule has 0 aliphatic heterocycles. The van der Waals surface area contributed by atoms with Gasteiger partial charge in [-0.2, -0.15) is 0 Å². The van der Waals surface area contributed by atoms with Gasteiger partial charge in [0.25, 0.3) is 0 Å². The fourth-order valence-corrected chi connectivity index (χ4v) is 0.919. The van der Waals surface area contributed by atoms with Crippen molar-refractivity contribution < 1.29 is 24.6 Å². The van der Waals surface area contributed by atoms with Crippen LogP contribution in [0.5, 0.6) is 0 Å². The Hall–Kier alpha value is -1.67. The van der Waals surface area contributed by atoms with Crippen LogP contribution in [0, 0.1) is 5.92 Å². The Labute approximate surface area is 111 Å². The molecular formula is C11H23N3O5. The third kappa shape index (κ3) is 11.2. The zero-order chi connectivity index (χ0) is 15.6. The van der Waals surface area contributed by atoms with Gasteiger partial charge in [0.1, 0.15) is 12.1 Å². The van der Waals surface area contributed by atoms with Crippen molar-refractivity contribution in [3.63, 3.8) is 0 Å². The Kier molecular flexibility index (Phi) is 10.6. The van der Waals surface area contributed by atoms with Gasteiger partial charge in [-0.1, -0.05) is 20.3 Å². The summed E-state index contributed by atoms with van der Waals surface area (Å²) in [5.41, 5.74) is 15.1. The van der Waals surface area contributed by atoms with E-state index in [2.05, 4.69) is 0 Å². The monoisotopic (exact) mass is 277 g/mol. The number of rotatable bonds is 7. The van der Waals surface area contributed by atoms with Crippen molar-refractivity contribution in [2.45, 2.75) is 45.2 Å². The van der Waals surface area contributed by atoms with Crippen molar-refractivity contribution in [3.8, 4) is 0 Å². The van der Waals surface area contributed by atoms with Gasteiger partial charge in [-0.3, -0.25) is 14.4 Å². The van der Waals surface area contributed by atoms with Crippen LogP contribution in [0.2, 0.25) is 0 Å². The number of amides is 1. The minimum atomic E-state index is -1.11. The van der Waals surface area contributed by atoms with Crippen molar-refractivity contribution in [2.75, 3.05) is 0 Å². The van der Waals surface area contributed by atoms with Crippen LogP contribution in [0.1, 0.15) is 33.1 Å². The highest BCUT2D eigenvalue weighted by Crippen LogP contribution is 2.04. The lowest BCUT2D eigenvalue weighted by atomic mass is 10.0. The molecule has 8 N–H and O–H groups in total. The van der Waals surface area contributed by atoms with Gasteiger partial charge >= 0.3 is 11.9 Å². The molecule has 0 radical (unpaired) electrons. The maximum absolute atomic E-state index is 10.2. The summed E-state index contributed by atoms with van der Waals surface area (Å²) >= 11 is 0. The van der Waals surface area contributed by atoms with E-state index in [0.717, 1.165) is 6.42 Å². The summed E-state index contributed by atoms with van der Waals surface area (Å²) < 4.78 is 0. The summed E-state index contributed by atoms with van der Waals surface area (Å²) in [4.78, 5) is 30.3. The van der Waals surface area contributed by atoms with Gasteiger partial charge in [-0.25, -0.2) is 0 Å². The molecule has 1 unspecified atom stereocenters. The molecule has 112 valence electrons. The van der Waals surface area contributed by atoms with Gasteiger partial charge in [0.05, 0.1) is 0 Å². The molecule has 0 heterocycles. The first kappa shape index (κ1) is 19.7. The third-order valence-electron chi connectivity index (χ3n) is 2.56. The molecule has 0 saturated carbocycles. The first-order valence-corrected chi connectivity index (χ1v) is 5.88. The molecule has 0 aliphatic rings. The van der Waals surface area contributed by atoms with E-state index in [0.29, 0.717) is 0 Å². The summed E-state index contributed by atoms with van der Waals surface area (Å²) in [7, 11) is 0. The standard InChI is InChI=1S/C6H13NO2.C5H10N2O3/c1-3-4(2)5(7)6(8)9;6-3(5(9)10)1-2-4(7)8/h4-5H,3,7H2,1-2H3,(H,8,9);3H,1-2,6H2,(H2,7,8)(H,9,10)/t4?,5-;3-/m11/s1. The van der Waals surface area contributed by atoms with Gasteiger partial charge in [-0.15, -0.1) is 0 Å². The zero-order valence-corrected chi connectivity index (χ0v) is 11.2. The summed E-state index contributed by atoms with van der Waals surface area (Å²) in [6, 6.07) is -1.68. The van der Waals surface area contributed by atoms with E-state index in [1.165, 1.54) is 0 Å². The molecule has 0 aliphatic carbocycles. The molecule has 0 saturated heterocycles. The fraction of sp³-hybridized carbons (Fsp3) is 0.727. The van der Waals surface area contributed by atoms with E-state index in [-0.39, 0.29) is 18.8 Å². The van der Waals surface area contributed by atoms with E-state index >= 15 is 0 Å². The molecule has 8 nitrogen and oxygen atoms in total. The van der Waals surface area contributed by atoms with Crippen molar-refractivity contribution in [1.82, 2.24) is 0 Å². The highest BCUT2D eigenvalue weighted by atomic mass is 16.4. The summed E-state index contributed by atoms with van der Waals surface area (Å²) in [6.45, 7) is 3.76. The van der Waals surface area contributed by atoms with Crippen LogP contribution in [0.25, 0.3) is 0 Å². The van der Waals surface area contributed by atoms with Crippen LogP contribution in [0.15, 0.2) is 0 Å².